The molecule has 4 rings (SSSR count). The lowest BCUT2D eigenvalue weighted by atomic mass is 10.1. The van der Waals surface area contributed by atoms with Gasteiger partial charge in [-0.2, -0.15) is 4.31 Å². The molecule has 1 aromatic heterocycles. The highest BCUT2D eigenvalue weighted by molar-refractivity contribution is 7.89. The van der Waals surface area contributed by atoms with Crippen molar-refractivity contribution in [1.82, 2.24) is 9.29 Å². The van der Waals surface area contributed by atoms with E-state index in [4.69, 9.17) is 9.47 Å². The summed E-state index contributed by atoms with van der Waals surface area (Å²) < 4.78 is 39.3. The highest BCUT2D eigenvalue weighted by Crippen LogP contribution is 2.32. The third kappa shape index (κ3) is 6.94. The zero-order valence-electron chi connectivity index (χ0n) is 21.9. The number of ether oxygens (including phenoxy) is 2. The van der Waals surface area contributed by atoms with Crippen LogP contribution in [0.4, 0.5) is 10.8 Å². The number of methoxy groups -OCH3 is 1. The van der Waals surface area contributed by atoms with Crippen molar-refractivity contribution in [2.24, 2.45) is 0 Å². The molecule has 204 valence electrons. The summed E-state index contributed by atoms with van der Waals surface area (Å²) >= 11 is 1.47. The fraction of sp³-hybridized carbons (Fsp3) is 0.214. The van der Waals surface area contributed by atoms with E-state index in [-0.39, 0.29) is 11.4 Å². The van der Waals surface area contributed by atoms with Gasteiger partial charge in [0.1, 0.15) is 11.5 Å². The molecule has 0 aliphatic carbocycles. The fourth-order valence-corrected chi connectivity index (χ4v) is 5.94. The third-order valence-electron chi connectivity index (χ3n) is 5.78. The number of amides is 1. The number of rotatable bonds is 12. The number of carbonyl (C=O) groups excluding carboxylic acids is 1. The lowest BCUT2D eigenvalue weighted by Gasteiger charge is -2.22. The lowest BCUT2D eigenvalue weighted by molar-refractivity contribution is -0.116. The quantitative estimate of drug-likeness (QED) is 0.246. The molecular weight excluding hydrogens is 536 g/mol. The summed E-state index contributed by atoms with van der Waals surface area (Å²) in [5.41, 5.74) is 2.69. The van der Waals surface area contributed by atoms with Gasteiger partial charge in [0.05, 0.1) is 36.5 Å². The average molecular weight is 567 g/mol. The number of hydrogen-bond donors (Lipinski definition) is 2. The van der Waals surface area contributed by atoms with Crippen LogP contribution in [0.25, 0.3) is 11.3 Å². The van der Waals surface area contributed by atoms with E-state index in [2.05, 4.69) is 15.6 Å². The van der Waals surface area contributed by atoms with Gasteiger partial charge in [0.2, 0.25) is 15.9 Å². The van der Waals surface area contributed by atoms with E-state index in [1.54, 1.807) is 31.3 Å². The normalized spacial score (nSPS) is 11.3. The van der Waals surface area contributed by atoms with Gasteiger partial charge in [-0.15, -0.1) is 11.3 Å². The molecule has 0 aliphatic heterocycles. The van der Waals surface area contributed by atoms with Crippen LogP contribution in [0.1, 0.15) is 12.5 Å². The Kier molecular flexibility index (Phi) is 9.18. The summed E-state index contributed by atoms with van der Waals surface area (Å²) in [6.07, 6.45) is 0. The molecule has 11 heteroatoms. The first-order valence-electron chi connectivity index (χ1n) is 12.2. The molecule has 0 spiro atoms. The minimum atomic E-state index is -4.02. The van der Waals surface area contributed by atoms with E-state index in [0.717, 1.165) is 26.3 Å². The number of benzene rings is 3. The summed E-state index contributed by atoms with van der Waals surface area (Å²) in [5, 5.41) is 8.51. The zero-order valence-corrected chi connectivity index (χ0v) is 23.5. The molecule has 0 aliphatic rings. The molecule has 0 fully saturated rings. The SMILES string of the molecule is CCOc1ccc(S(=O)(=O)N(CC(=O)Nc2cc(-c3csc(NC)n3)ccc2OC)Cc2ccccc2)cc1. The summed E-state index contributed by atoms with van der Waals surface area (Å²) in [4.78, 5) is 17.9. The number of nitrogens with one attached hydrogen (secondary N) is 2. The summed E-state index contributed by atoms with van der Waals surface area (Å²) in [7, 11) is -0.714. The Bertz CT molecular complexity index is 1510. The fourth-order valence-electron chi connectivity index (χ4n) is 3.87. The molecule has 2 N–H and O–H groups in total. The van der Waals surface area contributed by atoms with Crippen molar-refractivity contribution < 1.29 is 22.7 Å². The molecule has 0 unspecified atom stereocenters. The number of carbonyl (C=O) groups is 1. The Morgan fingerprint density at radius 1 is 1.05 bits per heavy atom. The molecule has 39 heavy (non-hydrogen) atoms. The average Bonchev–Trinajstić information content (AvgIpc) is 3.43. The van der Waals surface area contributed by atoms with E-state index in [1.807, 2.05) is 48.7 Å². The number of hydrogen-bond acceptors (Lipinski definition) is 8. The molecule has 0 saturated heterocycles. The Morgan fingerprint density at radius 3 is 2.44 bits per heavy atom. The van der Waals surface area contributed by atoms with Gasteiger partial charge >= 0.3 is 0 Å². The van der Waals surface area contributed by atoms with Gasteiger partial charge < -0.3 is 20.1 Å². The maximum atomic E-state index is 13.7. The predicted molar refractivity (Wildman–Crippen MR) is 154 cm³/mol. The minimum Gasteiger partial charge on any atom is -0.495 e. The topological polar surface area (TPSA) is 110 Å². The zero-order chi connectivity index (χ0) is 27.8. The van der Waals surface area contributed by atoms with E-state index in [1.165, 1.54) is 30.6 Å². The van der Waals surface area contributed by atoms with Gasteiger partial charge in [-0.25, -0.2) is 13.4 Å². The predicted octanol–water partition coefficient (Wildman–Crippen LogP) is 5.09. The highest BCUT2D eigenvalue weighted by Gasteiger charge is 2.27. The molecular formula is C28H30N4O5S2. The van der Waals surface area contributed by atoms with Crippen molar-refractivity contribution in [1.29, 1.82) is 0 Å². The van der Waals surface area contributed by atoms with Crippen LogP contribution in [0.15, 0.2) is 83.1 Å². The van der Waals surface area contributed by atoms with Crippen molar-refractivity contribution >= 4 is 38.1 Å². The molecule has 1 heterocycles. The summed E-state index contributed by atoms with van der Waals surface area (Å²) in [5.74, 6) is 0.503. The van der Waals surface area contributed by atoms with E-state index in [9.17, 15) is 13.2 Å². The largest absolute Gasteiger partial charge is 0.495 e. The smallest absolute Gasteiger partial charge is 0.243 e. The van der Waals surface area contributed by atoms with E-state index >= 15 is 0 Å². The second-order valence-corrected chi connectivity index (χ2v) is 11.2. The van der Waals surface area contributed by atoms with Crippen LogP contribution in [0.5, 0.6) is 11.5 Å². The molecule has 4 aromatic rings. The second-order valence-electron chi connectivity index (χ2n) is 8.41. The minimum absolute atomic E-state index is 0.0204. The number of aromatic nitrogens is 1. The number of anilines is 2. The van der Waals surface area contributed by atoms with Crippen molar-refractivity contribution in [2.45, 2.75) is 18.4 Å². The molecule has 0 bridgehead atoms. The van der Waals surface area contributed by atoms with Crippen molar-refractivity contribution in [3.8, 4) is 22.8 Å². The maximum absolute atomic E-state index is 13.7. The third-order valence-corrected chi connectivity index (χ3v) is 8.45. The lowest BCUT2D eigenvalue weighted by Crippen LogP contribution is -2.37. The maximum Gasteiger partial charge on any atom is 0.243 e. The van der Waals surface area contributed by atoms with Crippen LogP contribution in [-0.4, -0.2) is 50.9 Å². The standard InChI is InChI=1S/C28H30N4O5S2/c1-4-37-22-11-13-23(14-12-22)39(34,35)32(17-20-8-6-5-7-9-20)18-27(33)30-24-16-21(10-15-26(24)36-3)25-19-38-28(29-2)31-25/h5-16,19H,4,17-18H2,1-3H3,(H,29,31)(H,30,33). The molecule has 9 nitrogen and oxygen atoms in total. The van der Waals surface area contributed by atoms with Crippen molar-refractivity contribution in [3.05, 3.63) is 83.7 Å². The molecule has 0 atom stereocenters. The number of sulfonamides is 1. The molecule has 0 saturated carbocycles. The van der Waals surface area contributed by atoms with Gasteiger partial charge in [0.25, 0.3) is 0 Å². The van der Waals surface area contributed by atoms with Gasteiger partial charge in [-0.3, -0.25) is 4.79 Å². The first-order valence-corrected chi connectivity index (χ1v) is 14.5. The first kappa shape index (κ1) is 28.1. The first-order chi connectivity index (χ1) is 18.8. The van der Waals surface area contributed by atoms with Gasteiger partial charge in [0.15, 0.2) is 5.13 Å². The van der Waals surface area contributed by atoms with E-state index < -0.39 is 22.5 Å². The van der Waals surface area contributed by atoms with Crippen LogP contribution in [0.3, 0.4) is 0 Å². The summed E-state index contributed by atoms with van der Waals surface area (Å²) in [6, 6.07) is 20.6. The van der Waals surface area contributed by atoms with Crippen molar-refractivity contribution in [3.63, 3.8) is 0 Å². The van der Waals surface area contributed by atoms with Crippen LogP contribution < -0.4 is 20.1 Å². The Morgan fingerprint density at radius 2 is 1.79 bits per heavy atom. The Balaban J connectivity index is 1.60. The van der Waals surface area contributed by atoms with Gasteiger partial charge in [0, 0.05) is 24.5 Å². The summed E-state index contributed by atoms with van der Waals surface area (Å²) in [6.45, 7) is 1.94. The Labute approximate surface area is 232 Å². The van der Waals surface area contributed by atoms with Crippen LogP contribution in [0, 0.1) is 0 Å². The van der Waals surface area contributed by atoms with Crippen LogP contribution >= 0.6 is 11.3 Å². The second kappa shape index (κ2) is 12.7. The molecule has 1 amide bonds. The van der Waals surface area contributed by atoms with Gasteiger partial charge in [-0.1, -0.05) is 30.3 Å². The van der Waals surface area contributed by atoms with Crippen LogP contribution in [0.2, 0.25) is 0 Å². The molecule has 0 radical (unpaired) electrons. The Hall–Kier alpha value is -3.93. The monoisotopic (exact) mass is 566 g/mol. The number of nitrogens with zero attached hydrogens (tertiary/aromatic N) is 2. The van der Waals surface area contributed by atoms with Crippen molar-refractivity contribution in [2.75, 3.05) is 37.9 Å². The number of thiazole rings is 1. The van der Waals surface area contributed by atoms with E-state index in [0.29, 0.717) is 23.8 Å². The molecule has 3 aromatic carbocycles. The van der Waals surface area contributed by atoms with Gasteiger partial charge in [-0.05, 0) is 55.0 Å². The highest BCUT2D eigenvalue weighted by atomic mass is 32.2. The van der Waals surface area contributed by atoms with Crippen LogP contribution in [-0.2, 0) is 21.4 Å².